The molecule has 1 saturated heterocycles. The third-order valence-electron chi connectivity index (χ3n) is 5.12. The SMILES string of the molecule is CCOB(OC(C)(C)CC)c1ccc(NCCN2CCOCC2)c(S(C)(=O)=O)c1. The lowest BCUT2D eigenvalue weighted by Crippen LogP contribution is -2.44. The van der Waals surface area contributed by atoms with Gasteiger partial charge in [-0.3, -0.25) is 4.90 Å². The van der Waals surface area contributed by atoms with E-state index in [2.05, 4.69) is 10.2 Å². The van der Waals surface area contributed by atoms with Gasteiger partial charge in [-0.1, -0.05) is 13.0 Å². The van der Waals surface area contributed by atoms with Crippen molar-refractivity contribution in [3.63, 3.8) is 0 Å². The largest absolute Gasteiger partial charge is 0.494 e. The van der Waals surface area contributed by atoms with Crippen LogP contribution in [-0.2, 0) is 23.9 Å². The molecule has 0 atom stereocenters. The van der Waals surface area contributed by atoms with Crippen molar-refractivity contribution in [1.82, 2.24) is 4.90 Å². The topological polar surface area (TPSA) is 77.1 Å². The molecule has 0 spiro atoms. The maximum atomic E-state index is 12.4. The van der Waals surface area contributed by atoms with Crippen LogP contribution in [0.15, 0.2) is 23.1 Å². The van der Waals surface area contributed by atoms with Crippen LogP contribution >= 0.6 is 0 Å². The lowest BCUT2D eigenvalue weighted by molar-refractivity contribution is 0.0398. The van der Waals surface area contributed by atoms with Gasteiger partial charge >= 0.3 is 7.12 Å². The number of ether oxygens (including phenoxy) is 1. The fraction of sp³-hybridized carbons (Fsp3) is 0.700. The summed E-state index contributed by atoms with van der Waals surface area (Å²) in [6, 6.07) is 5.34. The van der Waals surface area contributed by atoms with Gasteiger partial charge in [0, 0.05) is 44.6 Å². The van der Waals surface area contributed by atoms with Crippen LogP contribution in [0.5, 0.6) is 0 Å². The summed E-state index contributed by atoms with van der Waals surface area (Å²) in [6.07, 6.45) is 2.04. The molecule has 1 N–H and O–H groups in total. The van der Waals surface area contributed by atoms with Crippen molar-refractivity contribution in [3.8, 4) is 0 Å². The lowest BCUT2D eigenvalue weighted by Gasteiger charge is -2.28. The van der Waals surface area contributed by atoms with Crippen LogP contribution in [0.2, 0.25) is 0 Å². The van der Waals surface area contributed by atoms with Crippen molar-refractivity contribution in [2.45, 2.75) is 44.6 Å². The van der Waals surface area contributed by atoms with E-state index in [1.54, 1.807) is 12.1 Å². The Balaban J connectivity index is 2.18. The van der Waals surface area contributed by atoms with Gasteiger partial charge in [0.25, 0.3) is 0 Å². The molecule has 0 bridgehead atoms. The number of benzene rings is 1. The first-order valence-corrected chi connectivity index (χ1v) is 12.2. The molecule has 1 fully saturated rings. The Morgan fingerprint density at radius 3 is 2.52 bits per heavy atom. The highest BCUT2D eigenvalue weighted by molar-refractivity contribution is 7.90. The third-order valence-corrected chi connectivity index (χ3v) is 6.26. The van der Waals surface area contributed by atoms with Gasteiger partial charge < -0.3 is 19.4 Å². The average molecular weight is 426 g/mol. The van der Waals surface area contributed by atoms with Crippen molar-refractivity contribution >= 4 is 28.1 Å². The summed E-state index contributed by atoms with van der Waals surface area (Å²) in [4.78, 5) is 2.57. The predicted octanol–water partition coefficient (Wildman–Crippen LogP) is 1.77. The molecular weight excluding hydrogens is 391 g/mol. The minimum Gasteiger partial charge on any atom is -0.408 e. The van der Waals surface area contributed by atoms with Crippen LogP contribution in [0.3, 0.4) is 0 Å². The summed E-state index contributed by atoms with van der Waals surface area (Å²) >= 11 is 0. The minimum atomic E-state index is -3.42. The second-order valence-corrected chi connectivity index (χ2v) is 9.91. The first-order valence-electron chi connectivity index (χ1n) is 10.3. The summed E-state index contributed by atoms with van der Waals surface area (Å²) in [6.45, 7) is 13.2. The molecule has 0 aromatic heterocycles. The van der Waals surface area contributed by atoms with Crippen molar-refractivity contribution in [2.75, 3.05) is 57.6 Å². The van der Waals surface area contributed by atoms with Crippen LogP contribution in [0.25, 0.3) is 0 Å². The monoisotopic (exact) mass is 426 g/mol. The van der Waals surface area contributed by atoms with E-state index in [0.29, 0.717) is 24.3 Å². The Morgan fingerprint density at radius 1 is 1.24 bits per heavy atom. The molecule has 9 heteroatoms. The fourth-order valence-electron chi connectivity index (χ4n) is 3.03. The first-order chi connectivity index (χ1) is 13.7. The van der Waals surface area contributed by atoms with Gasteiger partial charge in [0.1, 0.15) is 0 Å². The summed E-state index contributed by atoms with van der Waals surface area (Å²) in [5.74, 6) is 0. The number of sulfone groups is 1. The van der Waals surface area contributed by atoms with E-state index in [-0.39, 0.29) is 10.5 Å². The van der Waals surface area contributed by atoms with Crippen molar-refractivity contribution in [1.29, 1.82) is 0 Å². The number of hydrogen-bond acceptors (Lipinski definition) is 7. The molecule has 2 rings (SSSR count). The van der Waals surface area contributed by atoms with E-state index in [0.717, 1.165) is 39.3 Å². The zero-order valence-electron chi connectivity index (χ0n) is 18.4. The summed E-state index contributed by atoms with van der Waals surface area (Å²) in [5, 5.41) is 3.28. The summed E-state index contributed by atoms with van der Waals surface area (Å²) in [5.41, 5.74) is 0.933. The Kier molecular flexibility index (Phi) is 8.97. The van der Waals surface area contributed by atoms with Gasteiger partial charge in [0.05, 0.1) is 23.8 Å². The first kappa shape index (κ1) is 24.1. The Bertz CT molecular complexity index is 751. The molecule has 1 aromatic carbocycles. The Labute approximate surface area is 176 Å². The van der Waals surface area contributed by atoms with Crippen LogP contribution in [0.1, 0.15) is 34.1 Å². The Hall–Kier alpha value is -1.13. The number of hydrogen-bond donors (Lipinski definition) is 1. The highest BCUT2D eigenvalue weighted by Crippen LogP contribution is 2.22. The third kappa shape index (κ3) is 7.57. The molecule has 0 aliphatic carbocycles. The van der Waals surface area contributed by atoms with Crippen molar-refractivity contribution in [3.05, 3.63) is 18.2 Å². The standard InChI is InChI=1S/C20H35BN2O5S/c1-6-20(3,4)28-21(27-7-2)17-8-9-18(19(16-17)29(5,24)25)22-10-11-23-12-14-26-15-13-23/h8-9,16,22H,6-7,10-15H2,1-5H3. The zero-order valence-corrected chi connectivity index (χ0v) is 19.2. The van der Waals surface area contributed by atoms with E-state index in [1.807, 2.05) is 33.8 Å². The van der Waals surface area contributed by atoms with Gasteiger partial charge in [-0.2, -0.15) is 0 Å². The van der Waals surface area contributed by atoms with E-state index >= 15 is 0 Å². The summed E-state index contributed by atoms with van der Waals surface area (Å²) < 4.78 is 42.2. The van der Waals surface area contributed by atoms with Gasteiger partial charge in [0.15, 0.2) is 9.84 Å². The van der Waals surface area contributed by atoms with Crippen LogP contribution in [-0.4, -0.2) is 78.3 Å². The normalized spacial score (nSPS) is 16.0. The molecule has 1 aliphatic heterocycles. The highest BCUT2D eigenvalue weighted by atomic mass is 32.2. The molecule has 164 valence electrons. The molecule has 7 nitrogen and oxygen atoms in total. The minimum absolute atomic E-state index is 0.264. The molecule has 0 radical (unpaired) electrons. The smallest absolute Gasteiger partial charge is 0.408 e. The molecule has 0 amide bonds. The molecule has 1 aliphatic rings. The van der Waals surface area contributed by atoms with Crippen LogP contribution < -0.4 is 10.8 Å². The molecular formula is C20H35BN2O5S. The molecule has 1 aromatic rings. The quantitative estimate of drug-likeness (QED) is 0.541. The van der Waals surface area contributed by atoms with Crippen molar-refractivity contribution < 1.29 is 22.5 Å². The van der Waals surface area contributed by atoms with E-state index in [1.165, 1.54) is 6.26 Å². The second-order valence-electron chi connectivity index (χ2n) is 7.93. The van der Waals surface area contributed by atoms with E-state index in [9.17, 15) is 8.42 Å². The van der Waals surface area contributed by atoms with Gasteiger partial charge in [0.2, 0.25) is 0 Å². The van der Waals surface area contributed by atoms with E-state index in [4.69, 9.17) is 14.0 Å². The summed E-state index contributed by atoms with van der Waals surface area (Å²) in [7, 11) is -4.03. The van der Waals surface area contributed by atoms with E-state index < -0.39 is 17.0 Å². The number of anilines is 1. The van der Waals surface area contributed by atoms with Gasteiger partial charge in [-0.05, 0) is 44.8 Å². The number of nitrogens with one attached hydrogen (secondary N) is 1. The lowest BCUT2D eigenvalue weighted by atomic mass is 9.77. The average Bonchev–Trinajstić information content (AvgIpc) is 2.68. The zero-order chi connectivity index (χ0) is 21.5. The Morgan fingerprint density at radius 2 is 1.93 bits per heavy atom. The number of morpholine rings is 1. The fourth-order valence-corrected chi connectivity index (χ4v) is 3.92. The van der Waals surface area contributed by atoms with Crippen LogP contribution in [0.4, 0.5) is 5.69 Å². The molecule has 29 heavy (non-hydrogen) atoms. The van der Waals surface area contributed by atoms with Crippen molar-refractivity contribution in [2.24, 2.45) is 0 Å². The maximum absolute atomic E-state index is 12.4. The predicted molar refractivity (Wildman–Crippen MR) is 118 cm³/mol. The number of nitrogens with zero attached hydrogens (tertiary/aromatic N) is 1. The maximum Gasteiger partial charge on any atom is 0.494 e. The molecule has 0 unspecified atom stereocenters. The molecule has 1 heterocycles. The van der Waals surface area contributed by atoms with Crippen LogP contribution in [0, 0.1) is 0 Å². The second kappa shape index (κ2) is 10.8. The number of rotatable bonds is 11. The highest BCUT2D eigenvalue weighted by Gasteiger charge is 2.30. The van der Waals surface area contributed by atoms with Gasteiger partial charge in [-0.25, -0.2) is 8.42 Å². The molecule has 0 saturated carbocycles. The van der Waals surface area contributed by atoms with Gasteiger partial charge in [-0.15, -0.1) is 0 Å².